The second-order valence-electron chi connectivity index (χ2n) is 5.05. The van der Waals surface area contributed by atoms with Crippen molar-refractivity contribution in [2.75, 3.05) is 10.7 Å². The van der Waals surface area contributed by atoms with Gasteiger partial charge in [0.2, 0.25) is 11.0 Å². The molecule has 0 fully saturated rings. The van der Waals surface area contributed by atoms with E-state index >= 15 is 0 Å². The summed E-state index contributed by atoms with van der Waals surface area (Å²) in [6, 6.07) is 15.5. The van der Waals surface area contributed by atoms with Crippen molar-refractivity contribution in [2.45, 2.75) is 13.8 Å². The van der Waals surface area contributed by atoms with Crippen molar-refractivity contribution in [1.29, 1.82) is 0 Å². The molecule has 3 aromatic rings. The quantitative estimate of drug-likeness (QED) is 0.561. The molecule has 0 radical (unpaired) electrons. The number of nitrogens with one attached hydrogen (secondary N) is 2. The summed E-state index contributed by atoms with van der Waals surface area (Å²) in [5.74, 6) is -0.0827. The number of carbonyl (C=O) groups excluding carboxylic acids is 1. The Labute approximate surface area is 138 Å². The van der Waals surface area contributed by atoms with Crippen molar-refractivity contribution < 1.29 is 4.79 Å². The molecular weight excluding hydrogens is 308 g/mol. The number of fused-ring (bicyclic) bond motifs is 1. The lowest BCUT2D eigenvalue weighted by Crippen LogP contribution is -2.06. The predicted octanol–water partition coefficient (Wildman–Crippen LogP) is 4.09. The molecule has 0 aliphatic rings. The third-order valence-corrected chi connectivity index (χ3v) is 4.18. The minimum Gasteiger partial charge on any atom is -0.326 e. The molecule has 1 aromatic heterocycles. The Morgan fingerprint density at radius 3 is 2.52 bits per heavy atom. The minimum atomic E-state index is -0.0827. The van der Waals surface area contributed by atoms with E-state index in [0.29, 0.717) is 0 Å². The van der Waals surface area contributed by atoms with Crippen LogP contribution in [0.3, 0.4) is 0 Å². The van der Waals surface area contributed by atoms with Gasteiger partial charge in [0.1, 0.15) is 0 Å². The number of rotatable bonds is 4. The number of aromatic nitrogens is 1. The number of nitrogens with zero attached hydrogens (tertiary/aromatic N) is 2. The van der Waals surface area contributed by atoms with E-state index in [1.54, 1.807) is 11.3 Å². The Hall–Kier alpha value is -2.73. The van der Waals surface area contributed by atoms with Gasteiger partial charge in [-0.2, -0.15) is 5.10 Å². The molecule has 0 saturated carbocycles. The highest BCUT2D eigenvalue weighted by molar-refractivity contribution is 7.22. The van der Waals surface area contributed by atoms with Gasteiger partial charge in [-0.15, -0.1) is 0 Å². The molecule has 0 aliphatic carbocycles. The van der Waals surface area contributed by atoms with Crippen LogP contribution in [0.5, 0.6) is 0 Å². The first-order chi connectivity index (χ1) is 11.1. The van der Waals surface area contributed by atoms with Gasteiger partial charge >= 0.3 is 0 Å². The zero-order valence-electron chi connectivity index (χ0n) is 12.8. The smallest absolute Gasteiger partial charge is 0.221 e. The van der Waals surface area contributed by atoms with Crippen LogP contribution in [-0.4, -0.2) is 16.6 Å². The van der Waals surface area contributed by atoms with Gasteiger partial charge in [0, 0.05) is 12.6 Å². The summed E-state index contributed by atoms with van der Waals surface area (Å²) in [5.41, 5.74) is 6.57. The first kappa shape index (κ1) is 15.2. The number of carbonyl (C=O) groups is 1. The van der Waals surface area contributed by atoms with Crippen molar-refractivity contribution in [3.8, 4) is 0 Å². The van der Waals surface area contributed by atoms with E-state index in [4.69, 9.17) is 0 Å². The number of hydrogen-bond acceptors (Lipinski definition) is 5. The molecule has 1 heterocycles. The predicted molar refractivity (Wildman–Crippen MR) is 96.2 cm³/mol. The molecule has 5 nitrogen and oxygen atoms in total. The van der Waals surface area contributed by atoms with Crippen LogP contribution >= 0.6 is 11.3 Å². The molecule has 0 unspecified atom stereocenters. The third kappa shape index (κ3) is 3.73. The van der Waals surface area contributed by atoms with Gasteiger partial charge in [-0.05, 0) is 36.8 Å². The van der Waals surface area contributed by atoms with Crippen molar-refractivity contribution >= 4 is 44.0 Å². The van der Waals surface area contributed by atoms with Crippen molar-refractivity contribution in [3.63, 3.8) is 0 Å². The molecule has 0 aliphatic heterocycles. The van der Waals surface area contributed by atoms with E-state index in [1.807, 2.05) is 55.5 Å². The number of hydrogen-bond donors (Lipinski definition) is 2. The first-order valence-electron chi connectivity index (χ1n) is 7.16. The fourth-order valence-electron chi connectivity index (χ4n) is 2.11. The Balaban J connectivity index is 1.72. The molecule has 3 rings (SSSR count). The normalized spacial score (nSPS) is 11.5. The molecule has 2 N–H and O–H groups in total. The molecular formula is C17H16N4OS. The van der Waals surface area contributed by atoms with Crippen LogP contribution < -0.4 is 10.7 Å². The van der Waals surface area contributed by atoms with Gasteiger partial charge < -0.3 is 5.32 Å². The topological polar surface area (TPSA) is 66.4 Å². The van der Waals surface area contributed by atoms with Crippen LogP contribution in [-0.2, 0) is 4.79 Å². The zero-order chi connectivity index (χ0) is 16.2. The number of benzene rings is 2. The highest BCUT2D eigenvalue weighted by atomic mass is 32.1. The molecule has 6 heteroatoms. The van der Waals surface area contributed by atoms with E-state index in [2.05, 4.69) is 20.8 Å². The van der Waals surface area contributed by atoms with E-state index in [-0.39, 0.29) is 5.91 Å². The maximum Gasteiger partial charge on any atom is 0.221 e. The van der Waals surface area contributed by atoms with Gasteiger partial charge in [-0.1, -0.05) is 35.6 Å². The molecule has 23 heavy (non-hydrogen) atoms. The standard InChI is InChI=1S/C17H16N4OS/c1-11(13-7-9-14(10-8-13)18-12(2)22)20-21-17-19-15-5-3-4-6-16(15)23-17/h3-10H,1-2H3,(H,18,22)(H,19,21)/b20-11-. The maximum absolute atomic E-state index is 11.0. The lowest BCUT2D eigenvalue weighted by atomic mass is 10.1. The molecule has 2 aromatic carbocycles. The number of anilines is 2. The van der Waals surface area contributed by atoms with Crippen LogP contribution in [0.1, 0.15) is 19.4 Å². The second kappa shape index (κ2) is 6.58. The van der Waals surface area contributed by atoms with Crippen molar-refractivity contribution in [2.24, 2.45) is 5.10 Å². The van der Waals surface area contributed by atoms with E-state index in [9.17, 15) is 4.79 Å². The number of amides is 1. The fourth-order valence-corrected chi connectivity index (χ4v) is 2.92. The zero-order valence-corrected chi connectivity index (χ0v) is 13.6. The summed E-state index contributed by atoms with van der Waals surface area (Å²) >= 11 is 1.57. The van der Waals surface area contributed by atoms with Crippen LogP contribution in [0.2, 0.25) is 0 Å². The maximum atomic E-state index is 11.0. The van der Waals surface area contributed by atoms with Gasteiger partial charge in [-0.25, -0.2) is 4.98 Å². The summed E-state index contributed by atoms with van der Waals surface area (Å²) in [4.78, 5) is 15.5. The molecule has 0 bridgehead atoms. The Bertz CT molecular complexity index is 835. The van der Waals surface area contributed by atoms with Crippen LogP contribution in [0.25, 0.3) is 10.2 Å². The SMILES string of the molecule is CC(=O)Nc1ccc(/C(C)=N\Nc2nc3ccccc3s2)cc1. The first-order valence-corrected chi connectivity index (χ1v) is 7.97. The second-order valence-corrected chi connectivity index (χ2v) is 6.08. The summed E-state index contributed by atoms with van der Waals surface area (Å²) in [7, 11) is 0. The van der Waals surface area contributed by atoms with Crippen LogP contribution in [0, 0.1) is 0 Å². The highest BCUT2D eigenvalue weighted by Crippen LogP contribution is 2.25. The Morgan fingerprint density at radius 2 is 1.83 bits per heavy atom. The lowest BCUT2D eigenvalue weighted by molar-refractivity contribution is -0.114. The van der Waals surface area contributed by atoms with Crippen molar-refractivity contribution in [1.82, 2.24) is 4.98 Å². The Morgan fingerprint density at radius 1 is 1.09 bits per heavy atom. The molecule has 0 saturated heterocycles. The molecule has 116 valence electrons. The molecule has 0 spiro atoms. The fraction of sp³-hybridized carbons (Fsp3) is 0.118. The summed E-state index contributed by atoms with van der Waals surface area (Å²) in [6.45, 7) is 3.41. The minimum absolute atomic E-state index is 0.0827. The van der Waals surface area contributed by atoms with Gasteiger partial charge in [-0.3, -0.25) is 10.2 Å². The Kier molecular flexibility index (Phi) is 4.34. The lowest BCUT2D eigenvalue weighted by Gasteiger charge is -2.04. The average Bonchev–Trinajstić information content (AvgIpc) is 2.95. The van der Waals surface area contributed by atoms with Crippen LogP contribution in [0.15, 0.2) is 53.6 Å². The molecule has 1 amide bonds. The van der Waals surface area contributed by atoms with Crippen molar-refractivity contribution in [3.05, 3.63) is 54.1 Å². The highest BCUT2D eigenvalue weighted by Gasteiger charge is 2.03. The summed E-state index contributed by atoms with van der Waals surface area (Å²) < 4.78 is 1.13. The summed E-state index contributed by atoms with van der Waals surface area (Å²) in [5, 5.41) is 7.88. The number of para-hydroxylation sites is 1. The number of hydrazone groups is 1. The molecule has 0 atom stereocenters. The van der Waals surface area contributed by atoms with Gasteiger partial charge in [0.15, 0.2) is 0 Å². The average molecular weight is 324 g/mol. The van der Waals surface area contributed by atoms with E-state index in [0.717, 1.165) is 32.3 Å². The number of thiazole rings is 1. The monoisotopic (exact) mass is 324 g/mol. The van der Waals surface area contributed by atoms with Gasteiger partial charge in [0.25, 0.3) is 0 Å². The van der Waals surface area contributed by atoms with E-state index in [1.165, 1.54) is 6.92 Å². The van der Waals surface area contributed by atoms with Gasteiger partial charge in [0.05, 0.1) is 15.9 Å². The van der Waals surface area contributed by atoms with Crippen LogP contribution in [0.4, 0.5) is 10.8 Å². The third-order valence-electron chi connectivity index (χ3n) is 3.24. The summed E-state index contributed by atoms with van der Waals surface area (Å²) in [6.07, 6.45) is 0. The largest absolute Gasteiger partial charge is 0.326 e. The van der Waals surface area contributed by atoms with E-state index < -0.39 is 0 Å².